The third-order valence-electron chi connectivity index (χ3n) is 6.00. The molecule has 0 aliphatic carbocycles. The number of aryl methyl sites for hydroxylation is 1. The number of carbonyl (C=O) groups is 1. The Morgan fingerprint density at radius 1 is 1.03 bits per heavy atom. The number of benzene rings is 3. The molecule has 0 spiro atoms. The number of aromatic nitrogens is 1. The van der Waals surface area contributed by atoms with Gasteiger partial charge in [-0.1, -0.05) is 71.8 Å². The van der Waals surface area contributed by atoms with Gasteiger partial charge >= 0.3 is 0 Å². The van der Waals surface area contributed by atoms with Gasteiger partial charge in [0.25, 0.3) is 5.56 Å². The highest BCUT2D eigenvalue weighted by Gasteiger charge is 2.34. The standard InChI is InChI=1S/C27H22ClN3O2/c1-16-6-5-7-19(14-16)24-15-23(30-31(24)17(2)32)26-25(18-10-12-20(28)13-11-18)21-8-3-4-9-22(21)29-27(26)33/h3-14,24H,15H2,1-2H3,(H,29,33)/t24-/m0/s1. The van der Waals surface area contributed by atoms with Gasteiger partial charge in [0.1, 0.15) is 0 Å². The van der Waals surface area contributed by atoms with E-state index in [0.717, 1.165) is 33.2 Å². The highest BCUT2D eigenvalue weighted by atomic mass is 35.5. The lowest BCUT2D eigenvalue weighted by atomic mass is 9.91. The van der Waals surface area contributed by atoms with E-state index in [-0.39, 0.29) is 17.5 Å². The number of rotatable bonds is 3. The van der Waals surface area contributed by atoms with Crippen molar-refractivity contribution in [1.29, 1.82) is 0 Å². The molecule has 3 aromatic carbocycles. The van der Waals surface area contributed by atoms with E-state index in [9.17, 15) is 9.59 Å². The summed E-state index contributed by atoms with van der Waals surface area (Å²) in [4.78, 5) is 28.9. The van der Waals surface area contributed by atoms with Crippen LogP contribution >= 0.6 is 11.6 Å². The summed E-state index contributed by atoms with van der Waals surface area (Å²) in [6.07, 6.45) is 0.449. The number of hydrogen-bond donors (Lipinski definition) is 1. The molecule has 164 valence electrons. The Kier molecular flexibility index (Phi) is 5.35. The fourth-order valence-corrected chi connectivity index (χ4v) is 4.65. The van der Waals surface area contributed by atoms with Crippen LogP contribution in [0, 0.1) is 6.92 Å². The van der Waals surface area contributed by atoms with Crippen molar-refractivity contribution >= 4 is 34.1 Å². The number of amides is 1. The highest BCUT2D eigenvalue weighted by molar-refractivity contribution is 6.30. The molecule has 0 radical (unpaired) electrons. The van der Waals surface area contributed by atoms with Crippen molar-refractivity contribution in [2.75, 3.05) is 0 Å². The van der Waals surface area contributed by atoms with Crippen LogP contribution in [0.1, 0.15) is 36.1 Å². The van der Waals surface area contributed by atoms with Gasteiger partial charge in [-0.25, -0.2) is 5.01 Å². The average molecular weight is 456 g/mol. The summed E-state index contributed by atoms with van der Waals surface area (Å²) in [6.45, 7) is 3.52. The lowest BCUT2D eigenvalue weighted by Gasteiger charge is -2.20. The number of hydrogen-bond acceptors (Lipinski definition) is 3. The topological polar surface area (TPSA) is 65.5 Å². The molecule has 5 rings (SSSR count). The largest absolute Gasteiger partial charge is 0.321 e. The Hall–Kier alpha value is -3.70. The molecule has 2 heterocycles. The lowest BCUT2D eigenvalue weighted by molar-refractivity contribution is -0.130. The molecule has 33 heavy (non-hydrogen) atoms. The van der Waals surface area contributed by atoms with E-state index in [4.69, 9.17) is 11.6 Å². The fraction of sp³-hybridized carbons (Fsp3) is 0.148. The van der Waals surface area contributed by atoms with Crippen LogP contribution in [0.15, 0.2) is 82.7 Å². The number of nitrogens with one attached hydrogen (secondary N) is 1. The number of H-pyrrole nitrogens is 1. The first kappa shape index (κ1) is 21.2. The van der Waals surface area contributed by atoms with Crippen molar-refractivity contribution in [1.82, 2.24) is 9.99 Å². The van der Waals surface area contributed by atoms with Gasteiger partial charge in [-0.15, -0.1) is 0 Å². The number of carbonyl (C=O) groups excluding carboxylic acids is 1. The van der Waals surface area contributed by atoms with E-state index in [1.165, 1.54) is 11.9 Å². The Bertz CT molecular complexity index is 1470. The summed E-state index contributed by atoms with van der Waals surface area (Å²) in [7, 11) is 0. The van der Waals surface area contributed by atoms with Crippen LogP contribution in [0.25, 0.3) is 22.0 Å². The molecule has 0 unspecified atom stereocenters. The highest BCUT2D eigenvalue weighted by Crippen LogP contribution is 2.37. The first-order chi connectivity index (χ1) is 15.9. The van der Waals surface area contributed by atoms with Crippen molar-refractivity contribution in [3.8, 4) is 11.1 Å². The van der Waals surface area contributed by atoms with Crippen LogP contribution in [0.4, 0.5) is 0 Å². The molecule has 6 heteroatoms. The van der Waals surface area contributed by atoms with Gasteiger partial charge in [0.15, 0.2) is 0 Å². The molecule has 1 amide bonds. The van der Waals surface area contributed by atoms with Gasteiger partial charge < -0.3 is 4.98 Å². The van der Waals surface area contributed by atoms with E-state index < -0.39 is 0 Å². The lowest BCUT2D eigenvalue weighted by Crippen LogP contribution is -2.24. The van der Waals surface area contributed by atoms with Gasteiger partial charge in [-0.3, -0.25) is 9.59 Å². The van der Waals surface area contributed by atoms with Crippen molar-refractivity contribution in [2.24, 2.45) is 5.10 Å². The van der Waals surface area contributed by atoms with Crippen molar-refractivity contribution in [3.63, 3.8) is 0 Å². The molecule has 0 saturated heterocycles. The first-order valence-electron chi connectivity index (χ1n) is 10.8. The quantitative estimate of drug-likeness (QED) is 0.420. The molecular formula is C27H22ClN3O2. The Morgan fingerprint density at radius 3 is 2.52 bits per heavy atom. The third kappa shape index (κ3) is 3.85. The Labute approximate surface area is 196 Å². The third-order valence-corrected chi connectivity index (χ3v) is 6.26. The zero-order valence-electron chi connectivity index (χ0n) is 18.3. The number of nitrogens with zero attached hydrogens (tertiary/aromatic N) is 2. The van der Waals surface area contributed by atoms with Crippen LogP contribution in [-0.2, 0) is 4.79 Å². The maximum Gasteiger partial charge on any atom is 0.258 e. The number of halogens is 1. The van der Waals surface area contributed by atoms with Gasteiger partial charge in [-0.2, -0.15) is 5.10 Å². The summed E-state index contributed by atoms with van der Waals surface area (Å²) in [5.41, 5.74) is 5.35. The summed E-state index contributed by atoms with van der Waals surface area (Å²) in [6, 6.07) is 22.9. The molecule has 4 aromatic rings. The molecule has 1 aromatic heterocycles. The number of hydrazone groups is 1. The molecule has 1 aliphatic heterocycles. The second-order valence-electron chi connectivity index (χ2n) is 8.30. The zero-order valence-corrected chi connectivity index (χ0v) is 19.1. The summed E-state index contributed by atoms with van der Waals surface area (Å²) < 4.78 is 0. The summed E-state index contributed by atoms with van der Waals surface area (Å²) >= 11 is 6.13. The monoisotopic (exact) mass is 455 g/mol. The van der Waals surface area contributed by atoms with Gasteiger partial charge in [0.2, 0.25) is 5.91 Å². The second kappa shape index (κ2) is 8.34. The van der Waals surface area contributed by atoms with Gasteiger partial charge in [0.05, 0.1) is 17.3 Å². The number of pyridine rings is 1. The van der Waals surface area contributed by atoms with E-state index in [0.29, 0.717) is 22.7 Å². The average Bonchev–Trinajstić information content (AvgIpc) is 3.24. The van der Waals surface area contributed by atoms with Crippen LogP contribution in [0.2, 0.25) is 5.02 Å². The minimum atomic E-state index is -0.263. The molecule has 1 atom stereocenters. The maximum absolute atomic E-state index is 13.4. The Balaban J connectivity index is 1.73. The second-order valence-corrected chi connectivity index (χ2v) is 8.74. The minimum absolute atomic E-state index is 0.165. The maximum atomic E-state index is 13.4. The van der Waals surface area contributed by atoms with Crippen LogP contribution < -0.4 is 5.56 Å². The van der Waals surface area contributed by atoms with E-state index in [1.807, 2.05) is 73.7 Å². The van der Waals surface area contributed by atoms with Crippen LogP contribution in [-0.4, -0.2) is 21.6 Å². The van der Waals surface area contributed by atoms with E-state index >= 15 is 0 Å². The van der Waals surface area contributed by atoms with Crippen LogP contribution in [0.5, 0.6) is 0 Å². The molecule has 0 bridgehead atoms. The number of fused-ring (bicyclic) bond motifs is 1. The van der Waals surface area contributed by atoms with Crippen molar-refractivity contribution in [3.05, 3.63) is 105 Å². The Morgan fingerprint density at radius 2 is 1.79 bits per heavy atom. The van der Waals surface area contributed by atoms with Crippen molar-refractivity contribution < 1.29 is 4.79 Å². The number of aromatic amines is 1. The molecule has 0 saturated carbocycles. The molecular weight excluding hydrogens is 434 g/mol. The predicted molar refractivity (Wildman–Crippen MR) is 133 cm³/mol. The fourth-order valence-electron chi connectivity index (χ4n) is 4.52. The molecule has 1 N–H and O–H groups in total. The van der Waals surface area contributed by atoms with E-state index in [1.54, 1.807) is 0 Å². The predicted octanol–water partition coefficient (Wildman–Crippen LogP) is 5.85. The van der Waals surface area contributed by atoms with Gasteiger partial charge in [-0.05, 0) is 36.2 Å². The first-order valence-corrected chi connectivity index (χ1v) is 11.2. The zero-order chi connectivity index (χ0) is 23.1. The van der Waals surface area contributed by atoms with Crippen LogP contribution in [0.3, 0.4) is 0 Å². The van der Waals surface area contributed by atoms with Crippen molar-refractivity contribution in [2.45, 2.75) is 26.3 Å². The van der Waals surface area contributed by atoms with Gasteiger partial charge in [0, 0.05) is 34.8 Å². The SMILES string of the molecule is CC(=O)N1N=C(c2c(-c3ccc(Cl)cc3)c3ccccc3[nH]c2=O)C[C@H]1c1cccc(C)c1. The molecule has 1 aliphatic rings. The summed E-state index contributed by atoms with van der Waals surface area (Å²) in [5.74, 6) is -0.165. The molecule has 5 nitrogen and oxygen atoms in total. The smallest absolute Gasteiger partial charge is 0.258 e. The number of para-hydroxylation sites is 1. The minimum Gasteiger partial charge on any atom is -0.321 e. The molecule has 0 fully saturated rings. The normalized spacial score (nSPS) is 15.7. The summed E-state index contributed by atoms with van der Waals surface area (Å²) in [5, 5.41) is 7.69. The van der Waals surface area contributed by atoms with E-state index in [2.05, 4.69) is 16.2 Å².